The van der Waals surface area contributed by atoms with E-state index < -0.39 is 0 Å². The van der Waals surface area contributed by atoms with E-state index in [9.17, 15) is 0 Å². The Bertz CT molecular complexity index is 378. The summed E-state index contributed by atoms with van der Waals surface area (Å²) in [6.07, 6.45) is 1.08. The third-order valence-electron chi connectivity index (χ3n) is 3.16. The Balaban J connectivity index is 2.24. The third-order valence-corrected chi connectivity index (χ3v) is 3.72. The summed E-state index contributed by atoms with van der Waals surface area (Å²) in [6.45, 7) is 4.67. The molecule has 0 aromatic heterocycles. The van der Waals surface area contributed by atoms with E-state index in [1.807, 2.05) is 12.1 Å². The summed E-state index contributed by atoms with van der Waals surface area (Å²) < 4.78 is 5.46. The van der Waals surface area contributed by atoms with Crippen LogP contribution >= 0.6 is 23.2 Å². The van der Waals surface area contributed by atoms with Gasteiger partial charge < -0.3 is 10.1 Å². The Labute approximate surface area is 112 Å². The van der Waals surface area contributed by atoms with Gasteiger partial charge in [-0.1, -0.05) is 36.2 Å². The highest BCUT2D eigenvalue weighted by molar-refractivity contribution is 6.35. The molecule has 0 spiro atoms. The molecule has 0 bridgehead atoms. The monoisotopic (exact) mass is 273 g/mol. The minimum absolute atomic E-state index is 0.257. The van der Waals surface area contributed by atoms with Crippen LogP contribution in [0, 0.1) is 5.92 Å². The molecule has 1 saturated heterocycles. The largest absolute Gasteiger partial charge is 0.381 e. The Hall–Kier alpha value is -0.280. The first-order valence-corrected chi connectivity index (χ1v) is 6.74. The SMILES string of the molecule is CCNC(c1ccc(Cl)cc1Cl)C1CCOC1. The van der Waals surface area contributed by atoms with E-state index in [1.165, 1.54) is 0 Å². The summed E-state index contributed by atoms with van der Waals surface area (Å²) in [5.74, 6) is 0.494. The molecule has 2 nitrogen and oxygen atoms in total. The number of nitrogens with one attached hydrogen (secondary N) is 1. The van der Waals surface area contributed by atoms with E-state index in [0.29, 0.717) is 10.9 Å². The van der Waals surface area contributed by atoms with Gasteiger partial charge in [-0.2, -0.15) is 0 Å². The van der Waals surface area contributed by atoms with E-state index in [-0.39, 0.29) is 6.04 Å². The lowest BCUT2D eigenvalue weighted by atomic mass is 9.92. The molecule has 2 atom stereocenters. The molecule has 0 saturated carbocycles. The highest BCUT2D eigenvalue weighted by Crippen LogP contribution is 2.34. The summed E-state index contributed by atoms with van der Waals surface area (Å²) in [4.78, 5) is 0. The molecule has 0 amide bonds. The fourth-order valence-electron chi connectivity index (χ4n) is 2.32. The van der Waals surface area contributed by atoms with Gasteiger partial charge in [-0.15, -0.1) is 0 Å². The van der Waals surface area contributed by atoms with Crippen LogP contribution in [-0.4, -0.2) is 19.8 Å². The zero-order chi connectivity index (χ0) is 12.3. The van der Waals surface area contributed by atoms with Crippen molar-refractivity contribution in [1.29, 1.82) is 0 Å². The predicted molar refractivity (Wildman–Crippen MR) is 71.8 cm³/mol. The van der Waals surface area contributed by atoms with Gasteiger partial charge in [-0.05, 0) is 30.7 Å². The predicted octanol–water partition coefficient (Wildman–Crippen LogP) is 3.68. The Kier molecular flexibility index (Phi) is 4.69. The van der Waals surface area contributed by atoms with Crippen molar-refractivity contribution in [2.45, 2.75) is 19.4 Å². The quantitative estimate of drug-likeness (QED) is 0.904. The van der Waals surface area contributed by atoms with Crippen LogP contribution in [0.15, 0.2) is 18.2 Å². The van der Waals surface area contributed by atoms with Gasteiger partial charge >= 0.3 is 0 Å². The average Bonchev–Trinajstić information content (AvgIpc) is 2.80. The number of halogens is 2. The highest BCUT2D eigenvalue weighted by Gasteiger charge is 2.27. The second-order valence-electron chi connectivity index (χ2n) is 4.32. The number of hydrogen-bond donors (Lipinski definition) is 1. The van der Waals surface area contributed by atoms with Gasteiger partial charge in [0, 0.05) is 28.6 Å². The van der Waals surface area contributed by atoms with Gasteiger partial charge in [0.2, 0.25) is 0 Å². The first-order valence-electron chi connectivity index (χ1n) is 5.98. The standard InChI is InChI=1S/C13H17Cl2NO/c1-2-16-13(9-5-6-17-8-9)11-4-3-10(14)7-12(11)15/h3-4,7,9,13,16H,2,5-6,8H2,1H3. The number of benzene rings is 1. The molecule has 4 heteroatoms. The summed E-state index contributed by atoms with van der Waals surface area (Å²) >= 11 is 12.2. The van der Waals surface area contributed by atoms with Crippen LogP contribution in [-0.2, 0) is 4.74 Å². The van der Waals surface area contributed by atoms with Gasteiger partial charge in [0.15, 0.2) is 0 Å². The molecule has 17 heavy (non-hydrogen) atoms. The summed E-state index contributed by atoms with van der Waals surface area (Å²) in [5.41, 5.74) is 1.12. The fraction of sp³-hybridized carbons (Fsp3) is 0.538. The van der Waals surface area contributed by atoms with Crippen molar-refractivity contribution in [3.63, 3.8) is 0 Å². The van der Waals surface area contributed by atoms with Crippen molar-refractivity contribution in [3.8, 4) is 0 Å². The number of rotatable bonds is 4. The molecule has 0 aliphatic carbocycles. The van der Waals surface area contributed by atoms with Crippen molar-refractivity contribution in [1.82, 2.24) is 5.32 Å². The molecule has 1 fully saturated rings. The summed E-state index contributed by atoms with van der Waals surface area (Å²) in [6, 6.07) is 5.96. The highest BCUT2D eigenvalue weighted by atomic mass is 35.5. The van der Waals surface area contributed by atoms with E-state index in [0.717, 1.165) is 36.8 Å². The topological polar surface area (TPSA) is 21.3 Å². The Morgan fingerprint density at radius 3 is 2.88 bits per heavy atom. The molecule has 2 unspecified atom stereocenters. The zero-order valence-electron chi connectivity index (χ0n) is 9.88. The first-order chi connectivity index (χ1) is 8.22. The van der Waals surface area contributed by atoms with Crippen LogP contribution in [0.25, 0.3) is 0 Å². The summed E-state index contributed by atoms with van der Waals surface area (Å²) in [5, 5.41) is 4.90. The minimum Gasteiger partial charge on any atom is -0.381 e. The van der Waals surface area contributed by atoms with Gasteiger partial charge in [-0.25, -0.2) is 0 Å². The van der Waals surface area contributed by atoms with Crippen LogP contribution in [0.5, 0.6) is 0 Å². The van der Waals surface area contributed by atoms with Gasteiger partial charge in [0.1, 0.15) is 0 Å². The van der Waals surface area contributed by atoms with Gasteiger partial charge in [0.05, 0.1) is 6.61 Å². The third kappa shape index (κ3) is 3.14. The molecule has 1 aromatic carbocycles. The maximum absolute atomic E-state index is 6.27. The number of hydrogen-bond acceptors (Lipinski definition) is 2. The molecular weight excluding hydrogens is 257 g/mol. The van der Waals surface area contributed by atoms with Crippen molar-refractivity contribution in [3.05, 3.63) is 33.8 Å². The van der Waals surface area contributed by atoms with Gasteiger partial charge in [0.25, 0.3) is 0 Å². The van der Waals surface area contributed by atoms with Crippen molar-refractivity contribution in [2.75, 3.05) is 19.8 Å². The summed E-state index contributed by atoms with van der Waals surface area (Å²) in [7, 11) is 0. The minimum atomic E-state index is 0.257. The second-order valence-corrected chi connectivity index (χ2v) is 5.17. The molecular formula is C13H17Cl2NO. The lowest BCUT2D eigenvalue weighted by Crippen LogP contribution is -2.28. The zero-order valence-corrected chi connectivity index (χ0v) is 11.4. The molecule has 1 heterocycles. The first kappa shape index (κ1) is 13.2. The van der Waals surface area contributed by atoms with Crippen molar-refractivity contribution >= 4 is 23.2 Å². The average molecular weight is 274 g/mol. The Morgan fingerprint density at radius 1 is 1.47 bits per heavy atom. The van der Waals surface area contributed by atoms with E-state index in [1.54, 1.807) is 6.07 Å². The molecule has 1 aliphatic rings. The lowest BCUT2D eigenvalue weighted by Gasteiger charge is -2.24. The maximum Gasteiger partial charge on any atom is 0.0513 e. The van der Waals surface area contributed by atoms with Crippen LogP contribution in [0.2, 0.25) is 10.0 Å². The molecule has 2 rings (SSSR count). The molecule has 1 aliphatic heterocycles. The van der Waals surface area contributed by atoms with Crippen LogP contribution < -0.4 is 5.32 Å². The van der Waals surface area contributed by atoms with Gasteiger partial charge in [-0.3, -0.25) is 0 Å². The molecule has 94 valence electrons. The Morgan fingerprint density at radius 2 is 2.29 bits per heavy atom. The second kappa shape index (κ2) is 6.05. The fourth-order valence-corrected chi connectivity index (χ4v) is 2.85. The van der Waals surface area contributed by atoms with Crippen LogP contribution in [0.3, 0.4) is 0 Å². The molecule has 1 aromatic rings. The van der Waals surface area contributed by atoms with Crippen LogP contribution in [0.4, 0.5) is 0 Å². The van der Waals surface area contributed by atoms with E-state index >= 15 is 0 Å². The van der Waals surface area contributed by atoms with E-state index in [4.69, 9.17) is 27.9 Å². The molecule has 1 N–H and O–H groups in total. The van der Waals surface area contributed by atoms with E-state index in [2.05, 4.69) is 12.2 Å². The lowest BCUT2D eigenvalue weighted by molar-refractivity contribution is 0.177. The van der Waals surface area contributed by atoms with Crippen molar-refractivity contribution < 1.29 is 4.74 Å². The maximum atomic E-state index is 6.27. The number of ether oxygens (including phenoxy) is 1. The van der Waals surface area contributed by atoms with Crippen molar-refractivity contribution in [2.24, 2.45) is 5.92 Å². The normalized spacial score (nSPS) is 21.7. The smallest absolute Gasteiger partial charge is 0.0513 e. The van der Waals surface area contributed by atoms with Crippen LogP contribution in [0.1, 0.15) is 24.9 Å². The molecule has 0 radical (unpaired) electrons.